The van der Waals surface area contributed by atoms with Gasteiger partial charge in [-0.25, -0.2) is 12.8 Å². The monoisotopic (exact) mass is 389 g/mol. The first kappa shape index (κ1) is 15.4. The third kappa shape index (κ3) is 2.42. The Morgan fingerprint density at radius 1 is 1.45 bits per heavy atom. The summed E-state index contributed by atoms with van der Waals surface area (Å²) in [4.78, 5) is 14.2. The minimum Gasteiger partial charge on any atom is -0.364 e. The molecule has 1 fully saturated rings. The van der Waals surface area contributed by atoms with Gasteiger partial charge in [-0.05, 0) is 24.6 Å². The zero-order chi connectivity index (χ0) is 16.1. The van der Waals surface area contributed by atoms with Crippen LogP contribution in [0.2, 0.25) is 0 Å². The molecule has 0 radical (unpaired) electrons. The maximum absolute atomic E-state index is 13.4. The lowest BCUT2D eigenvalue weighted by molar-refractivity contribution is 0.0993. The van der Waals surface area contributed by atoms with Crippen LogP contribution in [0.4, 0.5) is 4.39 Å². The highest BCUT2D eigenvalue weighted by Gasteiger charge is 2.37. The largest absolute Gasteiger partial charge is 0.364 e. The van der Waals surface area contributed by atoms with Crippen LogP contribution in [0, 0.1) is 0 Å². The topological polar surface area (TPSA) is 96.3 Å². The van der Waals surface area contributed by atoms with E-state index in [1.54, 1.807) is 18.2 Å². The summed E-state index contributed by atoms with van der Waals surface area (Å²) in [6.07, 6.45) is -1.04. The first-order chi connectivity index (χ1) is 10.3. The molecule has 1 atom stereocenters. The summed E-state index contributed by atoms with van der Waals surface area (Å²) < 4.78 is 40.7. The normalized spacial score (nSPS) is 19.8. The van der Waals surface area contributed by atoms with Crippen LogP contribution in [-0.2, 0) is 10.0 Å². The van der Waals surface area contributed by atoms with Crippen molar-refractivity contribution in [3.05, 3.63) is 28.4 Å². The van der Waals surface area contributed by atoms with E-state index in [1.165, 1.54) is 0 Å². The van der Waals surface area contributed by atoms with Gasteiger partial charge in [0.1, 0.15) is 16.8 Å². The van der Waals surface area contributed by atoms with E-state index in [2.05, 4.69) is 20.9 Å². The van der Waals surface area contributed by atoms with Crippen molar-refractivity contribution < 1.29 is 17.6 Å². The number of rotatable bonds is 3. The predicted octanol–water partition coefficient (Wildman–Crippen LogP) is 1.76. The van der Waals surface area contributed by atoms with Gasteiger partial charge in [-0.15, -0.1) is 0 Å². The molecule has 3 N–H and O–H groups in total. The molecule has 6 nitrogen and oxygen atoms in total. The molecule has 1 saturated heterocycles. The molecule has 2 heterocycles. The number of amides is 1. The Labute approximate surface area is 134 Å². The number of H-pyrrole nitrogens is 1. The highest BCUT2D eigenvalue weighted by Crippen LogP contribution is 2.33. The second-order valence-electron chi connectivity index (χ2n) is 5.13. The van der Waals surface area contributed by atoms with Crippen molar-refractivity contribution in [1.29, 1.82) is 0 Å². The second kappa shape index (κ2) is 5.32. The first-order valence-electron chi connectivity index (χ1n) is 6.56. The number of sulfonamides is 1. The summed E-state index contributed by atoms with van der Waals surface area (Å²) >= 11 is 3.27. The Morgan fingerprint density at radius 3 is 2.77 bits per heavy atom. The first-order valence-corrected chi connectivity index (χ1v) is 8.79. The van der Waals surface area contributed by atoms with Crippen LogP contribution < -0.4 is 5.73 Å². The second-order valence-corrected chi connectivity index (χ2v) is 7.92. The number of nitrogens with one attached hydrogen (secondary N) is 1. The summed E-state index contributed by atoms with van der Waals surface area (Å²) in [5, 5.41) is 0.352. The summed E-state index contributed by atoms with van der Waals surface area (Å²) in [6.45, 7) is -0.121. The Bertz CT molecular complexity index is 865. The Morgan fingerprint density at radius 2 is 2.18 bits per heavy atom. The van der Waals surface area contributed by atoms with Crippen LogP contribution in [-0.4, -0.2) is 42.9 Å². The van der Waals surface area contributed by atoms with Gasteiger partial charge in [0, 0.05) is 28.5 Å². The zero-order valence-electron chi connectivity index (χ0n) is 11.3. The van der Waals surface area contributed by atoms with Gasteiger partial charge in [0.05, 0.1) is 0 Å². The van der Waals surface area contributed by atoms with Gasteiger partial charge in [-0.2, -0.15) is 4.31 Å². The van der Waals surface area contributed by atoms with E-state index in [-0.39, 0.29) is 30.1 Å². The third-order valence-corrected chi connectivity index (χ3v) is 6.10. The maximum atomic E-state index is 13.4. The van der Waals surface area contributed by atoms with Crippen LogP contribution in [0.3, 0.4) is 0 Å². The number of hydrogen-bond donors (Lipinski definition) is 2. The molecule has 3 rings (SSSR count). The van der Waals surface area contributed by atoms with Crippen molar-refractivity contribution >= 4 is 42.8 Å². The minimum atomic E-state index is -4.01. The lowest BCUT2D eigenvalue weighted by Crippen LogP contribution is -2.30. The standard InChI is InChI=1S/C13H13BrFN3O3S/c14-7-1-2-10-9(5-7)12(11(17-10)13(16)19)22(20,21)18-4-3-8(15)6-18/h1-2,5,8,17H,3-4,6H2,(H2,16,19). The van der Waals surface area contributed by atoms with Crippen molar-refractivity contribution in [3.8, 4) is 0 Å². The Kier molecular flexibility index (Phi) is 3.74. The SMILES string of the molecule is NC(=O)c1[nH]c2ccc(Br)cc2c1S(=O)(=O)N1CCC(F)C1. The van der Waals surface area contributed by atoms with Crippen LogP contribution in [0.5, 0.6) is 0 Å². The molecule has 1 aromatic carbocycles. The number of fused-ring (bicyclic) bond motifs is 1. The van der Waals surface area contributed by atoms with Crippen molar-refractivity contribution in [2.24, 2.45) is 5.73 Å². The van der Waals surface area contributed by atoms with Crippen LogP contribution in [0.15, 0.2) is 27.6 Å². The van der Waals surface area contributed by atoms with Gasteiger partial charge >= 0.3 is 0 Å². The third-order valence-electron chi connectivity index (χ3n) is 3.65. The summed E-state index contributed by atoms with van der Waals surface area (Å²) in [5.41, 5.74) is 5.59. The fraction of sp³-hybridized carbons (Fsp3) is 0.308. The van der Waals surface area contributed by atoms with Crippen LogP contribution in [0.25, 0.3) is 10.9 Å². The van der Waals surface area contributed by atoms with Gasteiger partial charge in [0.25, 0.3) is 5.91 Å². The molecule has 1 unspecified atom stereocenters. The van der Waals surface area contributed by atoms with Gasteiger partial charge in [-0.3, -0.25) is 4.79 Å². The Hall–Kier alpha value is -1.45. The number of nitrogens with two attached hydrogens (primary N) is 1. The molecule has 22 heavy (non-hydrogen) atoms. The molecule has 2 aromatic rings. The van der Waals surface area contributed by atoms with Gasteiger partial charge in [-0.1, -0.05) is 15.9 Å². The summed E-state index contributed by atoms with van der Waals surface area (Å²) in [5.74, 6) is -0.873. The summed E-state index contributed by atoms with van der Waals surface area (Å²) in [7, 11) is -4.01. The van der Waals surface area contributed by atoms with E-state index >= 15 is 0 Å². The van der Waals surface area contributed by atoms with Gasteiger partial charge in [0.15, 0.2) is 0 Å². The van der Waals surface area contributed by atoms with Crippen molar-refractivity contribution in [3.63, 3.8) is 0 Å². The molecule has 9 heteroatoms. The molecular formula is C13H13BrFN3O3S. The molecule has 118 valence electrons. The van der Waals surface area contributed by atoms with E-state index in [0.717, 1.165) is 4.31 Å². The Balaban J connectivity index is 2.26. The molecule has 0 aliphatic carbocycles. The number of primary amides is 1. The quantitative estimate of drug-likeness (QED) is 0.836. The fourth-order valence-electron chi connectivity index (χ4n) is 2.62. The van der Waals surface area contributed by atoms with Crippen LogP contribution >= 0.6 is 15.9 Å². The minimum absolute atomic E-state index is 0.0857. The number of alkyl halides is 1. The van der Waals surface area contributed by atoms with E-state index in [4.69, 9.17) is 5.73 Å². The smallest absolute Gasteiger partial charge is 0.266 e. The van der Waals surface area contributed by atoms with E-state index < -0.39 is 22.1 Å². The van der Waals surface area contributed by atoms with Gasteiger partial charge < -0.3 is 10.7 Å². The van der Waals surface area contributed by atoms with E-state index in [1.807, 2.05) is 0 Å². The predicted molar refractivity (Wildman–Crippen MR) is 82.8 cm³/mol. The lowest BCUT2D eigenvalue weighted by Gasteiger charge is -2.15. The zero-order valence-corrected chi connectivity index (χ0v) is 13.7. The highest BCUT2D eigenvalue weighted by atomic mass is 79.9. The average molecular weight is 390 g/mol. The number of aromatic amines is 1. The van der Waals surface area contributed by atoms with Crippen LogP contribution in [0.1, 0.15) is 16.9 Å². The van der Waals surface area contributed by atoms with E-state index in [9.17, 15) is 17.6 Å². The number of hydrogen-bond acceptors (Lipinski definition) is 3. The fourth-order valence-corrected chi connectivity index (χ4v) is 4.80. The molecule has 1 amide bonds. The molecule has 1 aliphatic heterocycles. The molecule has 0 spiro atoms. The van der Waals surface area contributed by atoms with E-state index in [0.29, 0.717) is 15.4 Å². The number of carbonyl (C=O) groups excluding carboxylic acids is 1. The number of aromatic nitrogens is 1. The maximum Gasteiger partial charge on any atom is 0.266 e. The number of halogens is 2. The number of benzene rings is 1. The van der Waals surface area contributed by atoms with Gasteiger partial charge in [0.2, 0.25) is 10.0 Å². The molecule has 1 aromatic heterocycles. The highest BCUT2D eigenvalue weighted by molar-refractivity contribution is 9.10. The molecule has 0 bridgehead atoms. The average Bonchev–Trinajstić information content (AvgIpc) is 3.02. The van der Waals surface area contributed by atoms with Crippen molar-refractivity contribution in [2.75, 3.05) is 13.1 Å². The number of nitrogens with zero attached hydrogens (tertiary/aromatic N) is 1. The molecule has 0 saturated carbocycles. The van der Waals surface area contributed by atoms with Crippen molar-refractivity contribution in [2.45, 2.75) is 17.5 Å². The molecule has 1 aliphatic rings. The van der Waals surface area contributed by atoms with Crippen molar-refractivity contribution in [1.82, 2.24) is 9.29 Å². The lowest BCUT2D eigenvalue weighted by atomic mass is 10.2. The number of carbonyl (C=O) groups is 1. The summed E-state index contributed by atoms with van der Waals surface area (Å²) in [6, 6.07) is 4.95. The molecular weight excluding hydrogens is 377 g/mol.